The first-order valence-electron chi connectivity index (χ1n) is 7.13. The van der Waals surface area contributed by atoms with Gasteiger partial charge in [-0.25, -0.2) is 10.2 Å². The number of rotatable bonds is 7. The number of urea groups is 1. The molecule has 1 aliphatic carbocycles. The molecule has 3 N–H and O–H groups in total. The predicted molar refractivity (Wildman–Crippen MR) is 75.3 cm³/mol. The van der Waals surface area contributed by atoms with E-state index in [0.29, 0.717) is 11.3 Å². The second-order valence-electron chi connectivity index (χ2n) is 5.45. The van der Waals surface area contributed by atoms with E-state index in [9.17, 15) is 4.79 Å². The van der Waals surface area contributed by atoms with Crippen LogP contribution in [0.4, 0.5) is 4.79 Å². The van der Waals surface area contributed by atoms with E-state index in [2.05, 4.69) is 31.3 Å². The molecule has 0 aromatic rings. The molecule has 0 aromatic heterocycles. The zero-order chi connectivity index (χ0) is 13.8. The topological polar surface area (TPSA) is 67.5 Å². The van der Waals surface area contributed by atoms with Gasteiger partial charge < -0.3 is 5.73 Å². The van der Waals surface area contributed by atoms with Gasteiger partial charge in [-0.15, -0.1) is 0 Å². The molecule has 0 unspecified atom stereocenters. The molecule has 1 rings (SSSR count). The van der Waals surface area contributed by atoms with E-state index in [-0.39, 0.29) is 0 Å². The van der Waals surface area contributed by atoms with Gasteiger partial charge >= 0.3 is 6.03 Å². The van der Waals surface area contributed by atoms with Gasteiger partial charge in [-0.2, -0.15) is 5.10 Å². The molecule has 2 atom stereocenters. The van der Waals surface area contributed by atoms with Crippen molar-refractivity contribution in [2.75, 3.05) is 0 Å². The van der Waals surface area contributed by atoms with Crippen LogP contribution in [0.5, 0.6) is 0 Å². The van der Waals surface area contributed by atoms with E-state index >= 15 is 0 Å². The van der Waals surface area contributed by atoms with Crippen LogP contribution in [0.1, 0.15) is 59.8 Å². The molecule has 0 aromatic carbocycles. The van der Waals surface area contributed by atoms with Crippen molar-refractivity contribution in [2.24, 2.45) is 28.1 Å². The SMILES string of the molecule is CCCC1(CCC)[C@H](CC)[C@H]1/C(C)=N\NC(N)=O. The summed E-state index contributed by atoms with van der Waals surface area (Å²) in [6.07, 6.45) is 6.13. The Bertz CT molecular complexity index is 319. The van der Waals surface area contributed by atoms with E-state index in [0.717, 1.165) is 11.6 Å². The van der Waals surface area contributed by atoms with Crippen molar-refractivity contribution in [2.45, 2.75) is 59.8 Å². The molecular formula is C14H27N3O. The highest BCUT2D eigenvalue weighted by Crippen LogP contribution is 2.66. The van der Waals surface area contributed by atoms with Gasteiger partial charge in [0, 0.05) is 11.6 Å². The highest BCUT2D eigenvalue weighted by atomic mass is 16.2. The minimum Gasteiger partial charge on any atom is -0.350 e. The Balaban J connectivity index is 2.80. The van der Waals surface area contributed by atoms with E-state index in [1.165, 1.54) is 32.1 Å². The van der Waals surface area contributed by atoms with E-state index < -0.39 is 6.03 Å². The minimum absolute atomic E-state index is 0.422. The van der Waals surface area contributed by atoms with Crippen LogP contribution in [-0.4, -0.2) is 11.7 Å². The smallest absolute Gasteiger partial charge is 0.332 e. The van der Waals surface area contributed by atoms with Crippen LogP contribution in [0, 0.1) is 17.3 Å². The highest BCUT2D eigenvalue weighted by Gasteiger charge is 2.62. The molecule has 0 saturated heterocycles. The maximum Gasteiger partial charge on any atom is 0.332 e. The summed E-state index contributed by atoms with van der Waals surface area (Å²) in [7, 11) is 0. The predicted octanol–water partition coefficient (Wildman–Crippen LogP) is 3.27. The third-order valence-electron chi connectivity index (χ3n) is 4.31. The first-order valence-corrected chi connectivity index (χ1v) is 7.13. The lowest BCUT2D eigenvalue weighted by Gasteiger charge is -2.16. The van der Waals surface area contributed by atoms with Crippen molar-refractivity contribution in [1.29, 1.82) is 0 Å². The summed E-state index contributed by atoms with van der Waals surface area (Å²) in [5.41, 5.74) is 8.87. The summed E-state index contributed by atoms with van der Waals surface area (Å²) in [5.74, 6) is 1.24. The molecule has 4 heteroatoms. The van der Waals surface area contributed by atoms with Crippen molar-refractivity contribution in [3.05, 3.63) is 0 Å². The monoisotopic (exact) mass is 253 g/mol. The van der Waals surface area contributed by atoms with Crippen LogP contribution < -0.4 is 11.2 Å². The fourth-order valence-corrected chi connectivity index (χ4v) is 3.88. The van der Waals surface area contributed by atoms with Gasteiger partial charge in [0.15, 0.2) is 0 Å². The van der Waals surface area contributed by atoms with Crippen molar-refractivity contribution in [3.8, 4) is 0 Å². The van der Waals surface area contributed by atoms with E-state index in [4.69, 9.17) is 5.73 Å². The Morgan fingerprint density at radius 3 is 2.22 bits per heavy atom. The average Bonchev–Trinajstić information content (AvgIpc) is 2.94. The molecular weight excluding hydrogens is 226 g/mol. The Morgan fingerprint density at radius 1 is 1.28 bits per heavy atom. The number of carbonyl (C=O) groups is 1. The van der Waals surface area contributed by atoms with Crippen LogP contribution >= 0.6 is 0 Å². The van der Waals surface area contributed by atoms with E-state index in [1.807, 2.05) is 6.92 Å². The lowest BCUT2D eigenvalue weighted by molar-refractivity contribution is 0.249. The van der Waals surface area contributed by atoms with Gasteiger partial charge in [0.25, 0.3) is 0 Å². The maximum absolute atomic E-state index is 10.7. The zero-order valence-corrected chi connectivity index (χ0v) is 12.1. The van der Waals surface area contributed by atoms with Gasteiger partial charge in [0.2, 0.25) is 0 Å². The molecule has 1 aliphatic rings. The molecule has 0 radical (unpaired) electrons. The van der Waals surface area contributed by atoms with Gasteiger partial charge in [-0.1, -0.05) is 40.0 Å². The molecule has 1 fully saturated rings. The molecule has 18 heavy (non-hydrogen) atoms. The fraction of sp³-hybridized carbons (Fsp3) is 0.857. The number of carbonyl (C=O) groups excluding carboxylic acids is 1. The second kappa shape index (κ2) is 6.21. The summed E-state index contributed by atoms with van der Waals surface area (Å²) in [6, 6.07) is -0.584. The number of hydrogen-bond acceptors (Lipinski definition) is 2. The molecule has 0 heterocycles. The Labute approximate surface area is 110 Å². The van der Waals surface area contributed by atoms with Crippen LogP contribution in [0.15, 0.2) is 5.10 Å². The number of nitrogens with one attached hydrogen (secondary N) is 1. The maximum atomic E-state index is 10.7. The fourth-order valence-electron chi connectivity index (χ4n) is 3.88. The molecule has 0 bridgehead atoms. The summed E-state index contributed by atoms with van der Waals surface area (Å²) in [4.78, 5) is 10.7. The number of amides is 2. The number of nitrogens with two attached hydrogens (primary N) is 1. The summed E-state index contributed by atoms with van der Waals surface area (Å²) < 4.78 is 0. The molecule has 1 saturated carbocycles. The van der Waals surface area contributed by atoms with Crippen molar-refractivity contribution in [3.63, 3.8) is 0 Å². The van der Waals surface area contributed by atoms with Crippen molar-refractivity contribution in [1.82, 2.24) is 5.43 Å². The van der Waals surface area contributed by atoms with Crippen LogP contribution in [0.25, 0.3) is 0 Å². The molecule has 0 spiro atoms. The summed E-state index contributed by atoms with van der Waals surface area (Å²) in [6.45, 7) is 8.75. The number of hydrazone groups is 1. The van der Waals surface area contributed by atoms with Crippen molar-refractivity contribution >= 4 is 11.7 Å². The minimum atomic E-state index is -0.584. The first-order chi connectivity index (χ1) is 8.53. The molecule has 2 amide bonds. The third-order valence-corrected chi connectivity index (χ3v) is 4.31. The van der Waals surface area contributed by atoms with E-state index in [1.54, 1.807) is 0 Å². The lowest BCUT2D eigenvalue weighted by atomic mass is 9.89. The number of nitrogens with zero attached hydrogens (tertiary/aromatic N) is 1. The third kappa shape index (κ3) is 2.85. The summed E-state index contributed by atoms with van der Waals surface area (Å²) >= 11 is 0. The van der Waals surface area contributed by atoms with Gasteiger partial charge in [-0.05, 0) is 31.1 Å². The van der Waals surface area contributed by atoms with Crippen molar-refractivity contribution < 1.29 is 4.79 Å². The number of primary amides is 1. The highest BCUT2D eigenvalue weighted by molar-refractivity contribution is 5.89. The zero-order valence-electron chi connectivity index (χ0n) is 12.1. The largest absolute Gasteiger partial charge is 0.350 e. The average molecular weight is 253 g/mol. The van der Waals surface area contributed by atoms with Gasteiger partial charge in [0.05, 0.1) is 0 Å². The summed E-state index contributed by atoms with van der Waals surface area (Å²) in [5, 5.41) is 4.14. The number of hydrogen-bond donors (Lipinski definition) is 2. The quantitative estimate of drug-likeness (QED) is 0.530. The Morgan fingerprint density at radius 2 is 1.83 bits per heavy atom. The van der Waals surface area contributed by atoms with Gasteiger partial charge in [0.1, 0.15) is 0 Å². The van der Waals surface area contributed by atoms with Crippen LogP contribution in [0.3, 0.4) is 0 Å². The lowest BCUT2D eigenvalue weighted by Crippen LogP contribution is -2.26. The Kier molecular flexibility index (Phi) is 5.17. The normalized spacial score (nSPS) is 25.9. The molecule has 0 aliphatic heterocycles. The molecule has 104 valence electrons. The molecule has 4 nitrogen and oxygen atoms in total. The second-order valence-corrected chi connectivity index (χ2v) is 5.45. The standard InChI is InChI=1S/C14H27N3O/c1-5-8-14(9-6-2)11(7-3)12(14)10(4)16-17-13(15)18/h11-12H,5-9H2,1-4H3,(H3,15,17,18)/b16-10-/t11-,12-/m1/s1. The van der Waals surface area contributed by atoms with Crippen LogP contribution in [0.2, 0.25) is 0 Å². The first kappa shape index (κ1) is 15.0. The van der Waals surface area contributed by atoms with Gasteiger partial charge in [-0.3, -0.25) is 0 Å². The van der Waals surface area contributed by atoms with Crippen LogP contribution in [-0.2, 0) is 0 Å². The Hall–Kier alpha value is -1.06.